The molecule has 0 aliphatic carbocycles. The lowest BCUT2D eigenvalue weighted by Gasteiger charge is -2.13. The maximum absolute atomic E-state index is 12.1. The standard InChI is InChI=1S/C17H18O4S/c1-19-15-9-13(10-16(20-2)17(15)21-3)22-11-14(18)12-7-5-4-6-8-12/h4-10H,11H2,1-3H3. The van der Waals surface area contributed by atoms with E-state index in [1.807, 2.05) is 42.5 Å². The molecule has 0 bridgehead atoms. The van der Waals surface area contributed by atoms with Crippen molar-refractivity contribution in [2.24, 2.45) is 0 Å². The molecule has 2 rings (SSSR count). The summed E-state index contributed by atoms with van der Waals surface area (Å²) in [5.41, 5.74) is 0.711. The number of ether oxygens (including phenoxy) is 3. The van der Waals surface area contributed by atoms with Crippen molar-refractivity contribution in [2.75, 3.05) is 27.1 Å². The van der Waals surface area contributed by atoms with Gasteiger partial charge < -0.3 is 14.2 Å². The Morgan fingerprint density at radius 2 is 1.55 bits per heavy atom. The summed E-state index contributed by atoms with van der Waals surface area (Å²) in [7, 11) is 4.70. The smallest absolute Gasteiger partial charge is 0.203 e. The van der Waals surface area contributed by atoms with Crippen LogP contribution in [-0.4, -0.2) is 32.9 Å². The van der Waals surface area contributed by atoms with Crippen molar-refractivity contribution in [3.8, 4) is 17.2 Å². The van der Waals surface area contributed by atoms with Crippen LogP contribution in [0.25, 0.3) is 0 Å². The molecular formula is C17H18O4S. The normalized spacial score (nSPS) is 10.1. The zero-order chi connectivity index (χ0) is 15.9. The van der Waals surface area contributed by atoms with Crippen LogP contribution in [0, 0.1) is 0 Å². The number of hydrogen-bond acceptors (Lipinski definition) is 5. The zero-order valence-corrected chi connectivity index (χ0v) is 13.6. The van der Waals surface area contributed by atoms with E-state index in [0.717, 1.165) is 4.90 Å². The van der Waals surface area contributed by atoms with Gasteiger partial charge in [0.1, 0.15) is 0 Å². The second kappa shape index (κ2) is 7.75. The lowest BCUT2D eigenvalue weighted by Crippen LogP contribution is -2.02. The summed E-state index contributed by atoms with van der Waals surface area (Å²) in [4.78, 5) is 13.0. The first-order valence-corrected chi connectivity index (χ1v) is 7.69. The highest BCUT2D eigenvalue weighted by atomic mass is 32.2. The van der Waals surface area contributed by atoms with Crippen molar-refractivity contribution >= 4 is 17.5 Å². The topological polar surface area (TPSA) is 44.8 Å². The summed E-state index contributed by atoms with van der Waals surface area (Å²) >= 11 is 1.44. The molecule has 0 atom stereocenters. The zero-order valence-electron chi connectivity index (χ0n) is 12.8. The van der Waals surface area contributed by atoms with Crippen LogP contribution in [-0.2, 0) is 0 Å². The second-order valence-electron chi connectivity index (χ2n) is 4.44. The number of thioether (sulfide) groups is 1. The Bertz CT molecular complexity index is 615. The Hall–Kier alpha value is -2.14. The number of hydrogen-bond donors (Lipinski definition) is 0. The van der Waals surface area contributed by atoms with Crippen LogP contribution in [0.3, 0.4) is 0 Å². The lowest BCUT2D eigenvalue weighted by molar-refractivity contribution is 0.102. The second-order valence-corrected chi connectivity index (χ2v) is 5.49. The van der Waals surface area contributed by atoms with Gasteiger partial charge in [0.2, 0.25) is 5.75 Å². The predicted octanol–water partition coefficient (Wildman–Crippen LogP) is 3.69. The van der Waals surface area contributed by atoms with Crippen molar-refractivity contribution < 1.29 is 19.0 Å². The van der Waals surface area contributed by atoms with E-state index >= 15 is 0 Å². The first-order chi connectivity index (χ1) is 10.7. The summed E-state index contributed by atoms with van der Waals surface area (Å²) in [6.45, 7) is 0. The molecule has 0 fully saturated rings. The maximum atomic E-state index is 12.1. The molecule has 22 heavy (non-hydrogen) atoms. The van der Waals surface area contributed by atoms with E-state index in [-0.39, 0.29) is 5.78 Å². The molecule has 0 N–H and O–H groups in total. The summed E-state index contributed by atoms with van der Waals surface area (Å²) in [5.74, 6) is 2.14. The Kier molecular flexibility index (Phi) is 5.72. The van der Waals surface area contributed by atoms with Gasteiger partial charge in [-0.3, -0.25) is 4.79 Å². The predicted molar refractivity (Wildman–Crippen MR) is 87.6 cm³/mol. The van der Waals surface area contributed by atoms with Gasteiger partial charge in [-0.1, -0.05) is 30.3 Å². The van der Waals surface area contributed by atoms with Crippen molar-refractivity contribution in [1.29, 1.82) is 0 Å². The number of Topliss-reactive ketones (excluding diaryl/α,β-unsaturated/α-hetero) is 1. The van der Waals surface area contributed by atoms with E-state index in [9.17, 15) is 4.79 Å². The van der Waals surface area contributed by atoms with Crippen LogP contribution in [0.5, 0.6) is 17.2 Å². The molecule has 0 unspecified atom stereocenters. The van der Waals surface area contributed by atoms with Gasteiger partial charge in [0.25, 0.3) is 0 Å². The average molecular weight is 318 g/mol. The first-order valence-electron chi connectivity index (χ1n) is 6.70. The SMILES string of the molecule is COc1cc(SCC(=O)c2ccccc2)cc(OC)c1OC. The van der Waals surface area contributed by atoms with Crippen LogP contribution in [0.15, 0.2) is 47.4 Å². The number of benzene rings is 2. The van der Waals surface area contributed by atoms with Gasteiger partial charge in [-0.25, -0.2) is 0 Å². The molecule has 0 aromatic heterocycles. The molecule has 0 aliphatic rings. The highest BCUT2D eigenvalue weighted by Gasteiger charge is 2.14. The average Bonchev–Trinajstić information content (AvgIpc) is 2.59. The fourth-order valence-electron chi connectivity index (χ4n) is 2.00. The number of carbonyl (C=O) groups is 1. The van der Waals surface area contributed by atoms with Gasteiger partial charge in [0.05, 0.1) is 27.1 Å². The molecule has 2 aromatic rings. The van der Waals surface area contributed by atoms with E-state index in [2.05, 4.69) is 0 Å². The molecule has 2 aromatic carbocycles. The van der Waals surface area contributed by atoms with Gasteiger partial charge in [-0.2, -0.15) is 0 Å². The van der Waals surface area contributed by atoms with Crippen molar-refractivity contribution in [2.45, 2.75) is 4.90 Å². The van der Waals surface area contributed by atoms with Gasteiger partial charge >= 0.3 is 0 Å². The molecule has 116 valence electrons. The first kappa shape index (κ1) is 16.2. The molecule has 0 heterocycles. The highest BCUT2D eigenvalue weighted by molar-refractivity contribution is 8.00. The quantitative estimate of drug-likeness (QED) is 0.575. The van der Waals surface area contributed by atoms with Crippen LogP contribution >= 0.6 is 11.8 Å². The Morgan fingerprint density at radius 3 is 2.05 bits per heavy atom. The number of carbonyl (C=O) groups excluding carboxylic acids is 1. The van der Waals surface area contributed by atoms with Gasteiger partial charge in [-0.15, -0.1) is 11.8 Å². The fourth-order valence-corrected chi connectivity index (χ4v) is 2.84. The molecule has 0 saturated heterocycles. The number of rotatable bonds is 7. The summed E-state index contributed by atoms with van der Waals surface area (Å²) in [6.07, 6.45) is 0. The third-order valence-electron chi connectivity index (χ3n) is 3.10. The molecule has 5 heteroatoms. The molecule has 4 nitrogen and oxygen atoms in total. The van der Waals surface area contributed by atoms with Gasteiger partial charge in [-0.05, 0) is 12.1 Å². The third-order valence-corrected chi connectivity index (χ3v) is 4.08. The third kappa shape index (κ3) is 3.74. The highest BCUT2D eigenvalue weighted by Crippen LogP contribution is 2.40. The minimum absolute atomic E-state index is 0.0827. The Balaban J connectivity index is 2.14. The molecule has 0 radical (unpaired) electrons. The van der Waals surface area contributed by atoms with Crippen molar-refractivity contribution in [1.82, 2.24) is 0 Å². The van der Waals surface area contributed by atoms with Crippen molar-refractivity contribution in [3.63, 3.8) is 0 Å². The van der Waals surface area contributed by atoms with E-state index < -0.39 is 0 Å². The Morgan fingerprint density at radius 1 is 0.955 bits per heavy atom. The van der Waals surface area contributed by atoms with Crippen LogP contribution in [0.4, 0.5) is 0 Å². The molecule has 0 aliphatic heterocycles. The van der Waals surface area contributed by atoms with Gasteiger partial charge in [0, 0.05) is 10.5 Å². The molecule has 0 amide bonds. The van der Waals surface area contributed by atoms with E-state index in [4.69, 9.17) is 14.2 Å². The number of methoxy groups -OCH3 is 3. The summed E-state index contributed by atoms with van der Waals surface area (Å²) in [5, 5.41) is 0. The van der Waals surface area contributed by atoms with Crippen LogP contribution in [0.1, 0.15) is 10.4 Å². The van der Waals surface area contributed by atoms with E-state index in [0.29, 0.717) is 28.6 Å². The van der Waals surface area contributed by atoms with E-state index in [1.165, 1.54) is 11.8 Å². The number of ketones is 1. The fraction of sp³-hybridized carbons (Fsp3) is 0.235. The molecule has 0 saturated carbocycles. The Labute approximate surface area is 134 Å². The molecule has 0 spiro atoms. The van der Waals surface area contributed by atoms with Crippen LogP contribution in [0.2, 0.25) is 0 Å². The lowest BCUT2D eigenvalue weighted by atomic mass is 10.2. The largest absolute Gasteiger partial charge is 0.493 e. The maximum Gasteiger partial charge on any atom is 0.203 e. The van der Waals surface area contributed by atoms with Gasteiger partial charge in [0.15, 0.2) is 17.3 Å². The van der Waals surface area contributed by atoms with E-state index in [1.54, 1.807) is 21.3 Å². The summed E-state index contributed by atoms with van der Waals surface area (Å²) in [6, 6.07) is 12.9. The minimum atomic E-state index is 0.0827. The summed E-state index contributed by atoms with van der Waals surface area (Å²) < 4.78 is 15.9. The molecular weight excluding hydrogens is 300 g/mol. The van der Waals surface area contributed by atoms with Crippen molar-refractivity contribution in [3.05, 3.63) is 48.0 Å². The minimum Gasteiger partial charge on any atom is -0.493 e. The van der Waals surface area contributed by atoms with Crippen LogP contribution < -0.4 is 14.2 Å². The monoisotopic (exact) mass is 318 g/mol.